The molecule has 3 heteroatoms. The average Bonchev–Trinajstić information content (AvgIpc) is 2.44. The summed E-state index contributed by atoms with van der Waals surface area (Å²) in [6.45, 7) is 6.45. The van der Waals surface area contributed by atoms with Crippen LogP contribution in [0.4, 0.5) is 4.39 Å². The van der Waals surface area contributed by atoms with Crippen LogP contribution in [0.15, 0.2) is 30.3 Å². The van der Waals surface area contributed by atoms with E-state index < -0.39 is 0 Å². The first kappa shape index (κ1) is 14.1. The smallest absolute Gasteiger partial charge is 0.123 e. The quantitative estimate of drug-likeness (QED) is 0.909. The Bertz CT molecular complexity index is 658. The molecule has 2 nitrogen and oxygen atoms in total. The van der Waals surface area contributed by atoms with Crippen LogP contribution < -0.4 is 0 Å². The number of phenolic OH excluding ortho intramolecular Hbond substituents is 1. The zero-order chi connectivity index (χ0) is 15.0. The Balaban J connectivity index is 1.78. The Morgan fingerprint density at radius 3 is 2.52 bits per heavy atom. The van der Waals surface area contributed by atoms with Gasteiger partial charge in [-0.1, -0.05) is 18.2 Å². The molecule has 0 saturated carbocycles. The molecular formula is C18H20FNO. The first-order chi connectivity index (χ1) is 10.0. The van der Waals surface area contributed by atoms with Gasteiger partial charge in [-0.05, 0) is 60.2 Å². The topological polar surface area (TPSA) is 23.5 Å². The van der Waals surface area contributed by atoms with Gasteiger partial charge in [0.15, 0.2) is 0 Å². The minimum absolute atomic E-state index is 0.160. The Hall–Kier alpha value is -1.87. The van der Waals surface area contributed by atoms with Crippen LogP contribution in [0.5, 0.6) is 5.75 Å². The summed E-state index contributed by atoms with van der Waals surface area (Å²) in [4.78, 5) is 2.33. The molecule has 0 fully saturated rings. The van der Waals surface area contributed by atoms with Gasteiger partial charge in [-0.2, -0.15) is 0 Å². The fraction of sp³-hybridized carbons (Fsp3) is 0.333. The number of halogens is 1. The van der Waals surface area contributed by atoms with E-state index in [1.54, 1.807) is 12.1 Å². The van der Waals surface area contributed by atoms with Gasteiger partial charge in [0.2, 0.25) is 0 Å². The SMILES string of the molecule is Cc1cc(CN2CCc3ccc(F)cc3C2)cc(C)c1O. The van der Waals surface area contributed by atoms with E-state index >= 15 is 0 Å². The van der Waals surface area contributed by atoms with E-state index in [0.29, 0.717) is 5.75 Å². The number of hydrogen-bond acceptors (Lipinski definition) is 2. The summed E-state index contributed by atoms with van der Waals surface area (Å²) >= 11 is 0. The first-order valence-electron chi connectivity index (χ1n) is 7.31. The largest absolute Gasteiger partial charge is 0.507 e. The van der Waals surface area contributed by atoms with Crippen molar-refractivity contribution in [3.63, 3.8) is 0 Å². The molecule has 0 radical (unpaired) electrons. The zero-order valence-electron chi connectivity index (χ0n) is 12.5. The third kappa shape index (κ3) is 2.93. The van der Waals surface area contributed by atoms with Gasteiger partial charge in [0.05, 0.1) is 0 Å². The van der Waals surface area contributed by atoms with Crippen LogP contribution in [-0.4, -0.2) is 16.6 Å². The molecule has 21 heavy (non-hydrogen) atoms. The third-order valence-corrected chi connectivity index (χ3v) is 4.22. The molecule has 0 aromatic heterocycles. The lowest BCUT2D eigenvalue weighted by atomic mass is 9.98. The standard InChI is InChI=1S/C18H20FNO/c1-12-7-14(8-13(2)18(12)21)10-20-6-5-15-3-4-17(19)9-16(15)11-20/h3-4,7-9,21H,5-6,10-11H2,1-2H3. The molecule has 1 heterocycles. The molecule has 0 saturated heterocycles. The number of hydrogen-bond donors (Lipinski definition) is 1. The Kier molecular flexibility index (Phi) is 3.68. The van der Waals surface area contributed by atoms with Crippen molar-refractivity contribution < 1.29 is 9.50 Å². The van der Waals surface area contributed by atoms with Crippen molar-refractivity contribution in [1.29, 1.82) is 0 Å². The zero-order valence-corrected chi connectivity index (χ0v) is 12.5. The van der Waals surface area contributed by atoms with Crippen LogP contribution >= 0.6 is 0 Å². The second-order valence-corrected chi connectivity index (χ2v) is 5.95. The highest BCUT2D eigenvalue weighted by Crippen LogP contribution is 2.26. The summed E-state index contributed by atoms with van der Waals surface area (Å²) < 4.78 is 13.4. The average molecular weight is 285 g/mol. The van der Waals surface area contributed by atoms with E-state index in [-0.39, 0.29) is 5.82 Å². The second kappa shape index (κ2) is 5.49. The molecule has 0 amide bonds. The summed E-state index contributed by atoms with van der Waals surface area (Å²) in [6.07, 6.45) is 0.964. The van der Waals surface area contributed by atoms with Crippen LogP contribution in [0.1, 0.15) is 27.8 Å². The Labute approximate surface area is 124 Å². The monoisotopic (exact) mass is 285 g/mol. The van der Waals surface area contributed by atoms with Gasteiger partial charge < -0.3 is 5.11 Å². The highest BCUT2D eigenvalue weighted by Gasteiger charge is 2.17. The Morgan fingerprint density at radius 1 is 1.10 bits per heavy atom. The minimum Gasteiger partial charge on any atom is -0.507 e. The van der Waals surface area contributed by atoms with Gasteiger partial charge in [-0.25, -0.2) is 4.39 Å². The molecule has 0 bridgehead atoms. The van der Waals surface area contributed by atoms with Crippen molar-refractivity contribution in [3.8, 4) is 5.75 Å². The molecule has 0 atom stereocenters. The van der Waals surface area contributed by atoms with Crippen LogP contribution in [0.2, 0.25) is 0 Å². The van der Waals surface area contributed by atoms with Crippen LogP contribution in [0.25, 0.3) is 0 Å². The van der Waals surface area contributed by atoms with E-state index in [2.05, 4.69) is 4.90 Å². The molecule has 3 rings (SSSR count). The fourth-order valence-electron chi connectivity index (χ4n) is 3.11. The van der Waals surface area contributed by atoms with Gasteiger partial charge in [0, 0.05) is 19.6 Å². The van der Waals surface area contributed by atoms with Crippen molar-refractivity contribution in [1.82, 2.24) is 4.90 Å². The number of aryl methyl sites for hydroxylation is 2. The van der Waals surface area contributed by atoms with Gasteiger partial charge in [0.1, 0.15) is 11.6 Å². The summed E-state index contributed by atoms with van der Waals surface area (Å²) in [5.41, 5.74) is 5.36. The van der Waals surface area contributed by atoms with Gasteiger partial charge in [-0.15, -0.1) is 0 Å². The number of fused-ring (bicyclic) bond motifs is 1. The molecule has 0 spiro atoms. The summed E-state index contributed by atoms with van der Waals surface area (Å²) in [5.74, 6) is 0.219. The van der Waals surface area contributed by atoms with Crippen molar-refractivity contribution in [2.75, 3.05) is 6.54 Å². The predicted octanol–water partition coefficient (Wildman–Crippen LogP) is 3.71. The second-order valence-electron chi connectivity index (χ2n) is 5.95. The molecule has 2 aromatic carbocycles. The van der Waals surface area contributed by atoms with Gasteiger partial charge >= 0.3 is 0 Å². The highest BCUT2D eigenvalue weighted by molar-refractivity contribution is 5.42. The van der Waals surface area contributed by atoms with Crippen LogP contribution in [0, 0.1) is 19.7 Å². The third-order valence-electron chi connectivity index (χ3n) is 4.22. The molecule has 1 N–H and O–H groups in total. The maximum Gasteiger partial charge on any atom is 0.123 e. The molecule has 2 aromatic rings. The van der Waals surface area contributed by atoms with Crippen molar-refractivity contribution in [2.24, 2.45) is 0 Å². The summed E-state index contributed by atoms with van der Waals surface area (Å²) in [7, 11) is 0. The fourth-order valence-corrected chi connectivity index (χ4v) is 3.11. The first-order valence-corrected chi connectivity index (χ1v) is 7.31. The lowest BCUT2D eigenvalue weighted by Crippen LogP contribution is -2.30. The molecule has 0 unspecified atom stereocenters. The number of phenols is 1. The van der Waals surface area contributed by atoms with Crippen molar-refractivity contribution >= 4 is 0 Å². The number of rotatable bonds is 2. The highest BCUT2D eigenvalue weighted by atomic mass is 19.1. The van der Waals surface area contributed by atoms with E-state index in [9.17, 15) is 9.50 Å². The molecule has 1 aliphatic rings. The predicted molar refractivity (Wildman–Crippen MR) is 81.8 cm³/mol. The van der Waals surface area contributed by atoms with Crippen LogP contribution in [-0.2, 0) is 19.5 Å². The van der Waals surface area contributed by atoms with Gasteiger partial charge in [-0.3, -0.25) is 4.90 Å². The number of aromatic hydroxyl groups is 1. The summed E-state index contributed by atoms with van der Waals surface area (Å²) in [5, 5.41) is 9.84. The lowest BCUT2D eigenvalue weighted by Gasteiger charge is -2.29. The van der Waals surface area contributed by atoms with E-state index in [0.717, 1.165) is 42.7 Å². The summed E-state index contributed by atoms with van der Waals surface area (Å²) in [6, 6.07) is 9.15. The minimum atomic E-state index is -0.160. The van der Waals surface area contributed by atoms with Crippen LogP contribution in [0.3, 0.4) is 0 Å². The molecular weight excluding hydrogens is 265 g/mol. The number of nitrogens with zero attached hydrogens (tertiary/aromatic N) is 1. The van der Waals surface area contributed by atoms with E-state index in [1.165, 1.54) is 11.1 Å². The van der Waals surface area contributed by atoms with E-state index in [1.807, 2.05) is 32.0 Å². The Morgan fingerprint density at radius 2 is 1.81 bits per heavy atom. The van der Waals surface area contributed by atoms with E-state index in [4.69, 9.17) is 0 Å². The van der Waals surface area contributed by atoms with Crippen molar-refractivity contribution in [2.45, 2.75) is 33.4 Å². The molecule has 110 valence electrons. The normalized spacial score (nSPS) is 15.0. The number of benzene rings is 2. The maximum absolute atomic E-state index is 13.4. The molecule has 0 aliphatic carbocycles. The lowest BCUT2D eigenvalue weighted by molar-refractivity contribution is 0.245. The maximum atomic E-state index is 13.4. The molecule has 1 aliphatic heterocycles. The van der Waals surface area contributed by atoms with Gasteiger partial charge in [0.25, 0.3) is 0 Å². The van der Waals surface area contributed by atoms with Crippen molar-refractivity contribution in [3.05, 3.63) is 64.0 Å².